The van der Waals surface area contributed by atoms with Crippen LogP contribution in [0.2, 0.25) is 0 Å². The maximum atomic E-state index is 12.5. The molecular formula is C18H21N5OS. The van der Waals surface area contributed by atoms with Crippen molar-refractivity contribution in [2.45, 2.75) is 19.4 Å². The minimum absolute atomic E-state index is 0.136. The summed E-state index contributed by atoms with van der Waals surface area (Å²) in [5.41, 5.74) is 1.05. The zero-order chi connectivity index (χ0) is 17.2. The Morgan fingerprint density at radius 1 is 1.24 bits per heavy atom. The second-order valence-corrected chi connectivity index (χ2v) is 7.40. The molecule has 1 amide bonds. The van der Waals surface area contributed by atoms with Crippen LogP contribution in [0.3, 0.4) is 0 Å². The number of hydrogen-bond acceptors (Lipinski definition) is 5. The fourth-order valence-electron chi connectivity index (χ4n) is 3.16. The molecule has 1 aromatic carbocycles. The molecule has 130 valence electrons. The number of para-hydroxylation sites is 1. The molecule has 0 unspecified atom stereocenters. The first-order valence-corrected chi connectivity index (χ1v) is 9.38. The third-order valence-corrected chi connectivity index (χ3v) is 5.79. The Balaban J connectivity index is 1.35. The lowest BCUT2D eigenvalue weighted by atomic mass is 10.2. The van der Waals surface area contributed by atoms with Crippen molar-refractivity contribution in [3.63, 3.8) is 0 Å². The van der Waals surface area contributed by atoms with E-state index in [-0.39, 0.29) is 11.9 Å². The topological polar surface area (TPSA) is 54.3 Å². The van der Waals surface area contributed by atoms with E-state index in [4.69, 9.17) is 4.98 Å². The van der Waals surface area contributed by atoms with Gasteiger partial charge in [0, 0.05) is 51.0 Å². The number of hydrogen-bond donors (Lipinski definition) is 0. The summed E-state index contributed by atoms with van der Waals surface area (Å²) in [5.74, 6) is 0.213. The van der Waals surface area contributed by atoms with Gasteiger partial charge >= 0.3 is 0 Å². The first kappa shape index (κ1) is 16.1. The molecule has 3 aromatic rings. The van der Waals surface area contributed by atoms with E-state index in [9.17, 15) is 4.79 Å². The normalized spacial score (nSPS) is 16.4. The summed E-state index contributed by atoms with van der Waals surface area (Å²) >= 11 is 1.72. The summed E-state index contributed by atoms with van der Waals surface area (Å²) in [4.78, 5) is 25.6. The Kier molecular flexibility index (Phi) is 4.40. The Labute approximate surface area is 150 Å². The summed E-state index contributed by atoms with van der Waals surface area (Å²) in [6, 6.07) is 8.35. The molecule has 1 saturated heterocycles. The van der Waals surface area contributed by atoms with Gasteiger partial charge < -0.3 is 14.4 Å². The number of nitrogens with zero attached hydrogens (tertiary/aromatic N) is 5. The largest absolute Gasteiger partial charge is 0.345 e. The third-order valence-electron chi connectivity index (χ3n) is 4.69. The van der Waals surface area contributed by atoms with E-state index < -0.39 is 0 Å². The summed E-state index contributed by atoms with van der Waals surface area (Å²) in [6.45, 7) is 5.24. The minimum atomic E-state index is 0.136. The molecule has 0 radical (unpaired) electrons. The SMILES string of the molecule is C[C@H](CC(=O)N1CCN(c2nc3ccccc3s2)CC1)n1ccnc1. The van der Waals surface area contributed by atoms with E-state index in [1.807, 2.05) is 33.9 Å². The standard InChI is InChI=1S/C18H21N5OS/c1-14(23-7-6-19-13-23)12-17(24)21-8-10-22(11-9-21)18-20-15-4-2-3-5-16(15)25-18/h2-7,13-14H,8-12H2,1H3/t14-/m1/s1. The van der Waals surface area contributed by atoms with Crippen molar-refractivity contribution in [2.24, 2.45) is 0 Å². The van der Waals surface area contributed by atoms with Crippen LogP contribution in [0.1, 0.15) is 19.4 Å². The van der Waals surface area contributed by atoms with Crippen LogP contribution in [-0.2, 0) is 4.79 Å². The van der Waals surface area contributed by atoms with Crippen molar-refractivity contribution in [3.8, 4) is 0 Å². The van der Waals surface area contributed by atoms with Gasteiger partial charge in [-0.05, 0) is 19.1 Å². The highest BCUT2D eigenvalue weighted by molar-refractivity contribution is 7.22. The monoisotopic (exact) mass is 355 g/mol. The van der Waals surface area contributed by atoms with E-state index in [2.05, 4.69) is 22.9 Å². The Morgan fingerprint density at radius 3 is 2.76 bits per heavy atom. The number of rotatable bonds is 4. The van der Waals surface area contributed by atoms with Gasteiger partial charge in [-0.15, -0.1) is 0 Å². The lowest BCUT2D eigenvalue weighted by Crippen LogP contribution is -2.49. The van der Waals surface area contributed by atoms with Gasteiger partial charge in [0.1, 0.15) is 0 Å². The number of carbonyl (C=O) groups excluding carboxylic acids is 1. The van der Waals surface area contributed by atoms with Gasteiger partial charge in [-0.1, -0.05) is 23.5 Å². The second-order valence-electron chi connectivity index (χ2n) is 6.40. The average molecular weight is 355 g/mol. The van der Waals surface area contributed by atoms with Gasteiger partial charge in [-0.3, -0.25) is 4.79 Å². The highest BCUT2D eigenvalue weighted by atomic mass is 32.1. The van der Waals surface area contributed by atoms with E-state index in [0.29, 0.717) is 6.42 Å². The van der Waals surface area contributed by atoms with Crippen LogP contribution in [0.25, 0.3) is 10.2 Å². The van der Waals surface area contributed by atoms with Crippen molar-refractivity contribution in [1.82, 2.24) is 19.4 Å². The Morgan fingerprint density at radius 2 is 2.04 bits per heavy atom. The van der Waals surface area contributed by atoms with Crippen LogP contribution in [0.4, 0.5) is 5.13 Å². The van der Waals surface area contributed by atoms with Crippen LogP contribution in [0.5, 0.6) is 0 Å². The van der Waals surface area contributed by atoms with Crippen LogP contribution < -0.4 is 4.90 Å². The molecule has 0 bridgehead atoms. The van der Waals surface area contributed by atoms with Gasteiger partial charge in [0.05, 0.1) is 16.5 Å². The van der Waals surface area contributed by atoms with E-state index in [1.165, 1.54) is 4.70 Å². The van der Waals surface area contributed by atoms with Crippen molar-refractivity contribution in [2.75, 3.05) is 31.1 Å². The molecule has 4 rings (SSSR count). The third kappa shape index (κ3) is 3.37. The molecule has 25 heavy (non-hydrogen) atoms. The van der Waals surface area contributed by atoms with Crippen LogP contribution in [0.15, 0.2) is 43.0 Å². The number of fused-ring (bicyclic) bond motifs is 1. The van der Waals surface area contributed by atoms with Crippen molar-refractivity contribution >= 4 is 32.6 Å². The van der Waals surface area contributed by atoms with E-state index in [0.717, 1.165) is 36.8 Å². The molecule has 7 heteroatoms. The number of anilines is 1. The van der Waals surface area contributed by atoms with E-state index >= 15 is 0 Å². The molecule has 0 saturated carbocycles. The number of imidazole rings is 1. The smallest absolute Gasteiger partial charge is 0.224 e. The summed E-state index contributed by atoms with van der Waals surface area (Å²) in [5, 5.41) is 1.06. The van der Waals surface area contributed by atoms with Crippen molar-refractivity contribution in [3.05, 3.63) is 43.0 Å². The van der Waals surface area contributed by atoms with Crippen LogP contribution in [-0.4, -0.2) is 51.5 Å². The zero-order valence-electron chi connectivity index (χ0n) is 14.2. The quantitative estimate of drug-likeness (QED) is 0.722. The molecule has 6 nitrogen and oxygen atoms in total. The zero-order valence-corrected chi connectivity index (χ0v) is 15.0. The maximum Gasteiger partial charge on any atom is 0.224 e. The highest BCUT2D eigenvalue weighted by Gasteiger charge is 2.24. The number of thiazole rings is 1. The molecule has 1 fully saturated rings. The van der Waals surface area contributed by atoms with Crippen molar-refractivity contribution in [1.29, 1.82) is 0 Å². The predicted molar refractivity (Wildman–Crippen MR) is 100.0 cm³/mol. The Bertz CT molecular complexity index is 818. The number of piperazine rings is 1. The lowest BCUT2D eigenvalue weighted by Gasteiger charge is -2.35. The maximum absolute atomic E-state index is 12.5. The second kappa shape index (κ2) is 6.84. The molecule has 0 spiro atoms. The van der Waals surface area contributed by atoms with Crippen LogP contribution in [0, 0.1) is 0 Å². The number of carbonyl (C=O) groups is 1. The lowest BCUT2D eigenvalue weighted by molar-refractivity contribution is -0.132. The van der Waals surface area contributed by atoms with Gasteiger partial charge in [0.15, 0.2) is 5.13 Å². The fourth-order valence-corrected chi connectivity index (χ4v) is 4.18. The van der Waals surface area contributed by atoms with Gasteiger partial charge in [0.25, 0.3) is 0 Å². The average Bonchev–Trinajstić information content (AvgIpc) is 3.31. The summed E-state index contributed by atoms with van der Waals surface area (Å²) in [7, 11) is 0. The molecule has 0 N–H and O–H groups in total. The summed E-state index contributed by atoms with van der Waals surface area (Å²) in [6.07, 6.45) is 5.93. The van der Waals surface area contributed by atoms with Gasteiger partial charge in [0.2, 0.25) is 5.91 Å². The molecule has 1 atom stereocenters. The van der Waals surface area contributed by atoms with Crippen LogP contribution >= 0.6 is 11.3 Å². The molecule has 1 aliphatic heterocycles. The first-order valence-electron chi connectivity index (χ1n) is 8.56. The Hall–Kier alpha value is -2.41. The number of aromatic nitrogens is 3. The molecule has 1 aliphatic rings. The predicted octanol–water partition coefficient (Wildman–Crippen LogP) is 2.79. The minimum Gasteiger partial charge on any atom is -0.345 e. The van der Waals surface area contributed by atoms with Gasteiger partial charge in [-0.25, -0.2) is 9.97 Å². The molecule has 3 heterocycles. The molecule has 2 aromatic heterocycles. The van der Waals surface area contributed by atoms with Gasteiger partial charge in [-0.2, -0.15) is 0 Å². The first-order chi connectivity index (χ1) is 12.2. The molecule has 0 aliphatic carbocycles. The fraction of sp³-hybridized carbons (Fsp3) is 0.389. The van der Waals surface area contributed by atoms with Crippen molar-refractivity contribution < 1.29 is 4.79 Å². The molecular weight excluding hydrogens is 334 g/mol. The highest BCUT2D eigenvalue weighted by Crippen LogP contribution is 2.29. The van der Waals surface area contributed by atoms with E-state index in [1.54, 1.807) is 23.9 Å². The summed E-state index contributed by atoms with van der Waals surface area (Å²) < 4.78 is 3.19. The number of benzene rings is 1. The number of amides is 1.